The number of halogens is 1. The monoisotopic (exact) mass is 586 g/mol. The first-order valence-corrected chi connectivity index (χ1v) is 14.2. The zero-order valence-corrected chi connectivity index (χ0v) is 25.1. The molecule has 0 aliphatic carbocycles. The molecule has 9 heteroatoms. The Bertz CT molecular complexity index is 1610. The van der Waals surface area contributed by atoms with Crippen LogP contribution in [-0.2, 0) is 13.1 Å². The van der Waals surface area contributed by atoms with Gasteiger partial charge in [-0.2, -0.15) is 0 Å². The molecular formula is C33H35ClN4O4. The van der Waals surface area contributed by atoms with Crippen molar-refractivity contribution in [2.24, 2.45) is 0 Å². The van der Waals surface area contributed by atoms with Crippen molar-refractivity contribution < 1.29 is 19.1 Å². The number of aromatic nitrogens is 1. The number of hydrogen-bond donors (Lipinski definition) is 1. The third kappa shape index (κ3) is 6.00. The van der Waals surface area contributed by atoms with Gasteiger partial charge in [-0.15, -0.1) is 0 Å². The van der Waals surface area contributed by atoms with Gasteiger partial charge in [0, 0.05) is 28.5 Å². The molecule has 0 saturated carbocycles. The van der Waals surface area contributed by atoms with Crippen molar-refractivity contribution in [1.82, 2.24) is 14.8 Å². The summed E-state index contributed by atoms with van der Waals surface area (Å²) in [5.41, 5.74) is 5.07. The van der Waals surface area contributed by atoms with E-state index in [2.05, 4.69) is 10.2 Å². The van der Waals surface area contributed by atoms with Gasteiger partial charge in [0.25, 0.3) is 11.8 Å². The maximum atomic E-state index is 14.3. The van der Waals surface area contributed by atoms with Crippen LogP contribution in [0, 0.1) is 0 Å². The van der Waals surface area contributed by atoms with E-state index >= 15 is 0 Å². The van der Waals surface area contributed by atoms with Gasteiger partial charge >= 0.3 is 0 Å². The average Bonchev–Trinajstić information content (AvgIpc) is 3.31. The molecule has 0 saturated heterocycles. The first kappa shape index (κ1) is 29.2. The molecule has 218 valence electrons. The first-order valence-electron chi connectivity index (χ1n) is 13.8. The Kier molecular flexibility index (Phi) is 8.85. The predicted molar refractivity (Wildman–Crippen MR) is 166 cm³/mol. The molecule has 1 N–H and O–H groups in total. The minimum absolute atomic E-state index is 0.126. The lowest BCUT2D eigenvalue weighted by Gasteiger charge is -2.24. The second-order valence-corrected chi connectivity index (χ2v) is 10.9. The molecule has 0 fully saturated rings. The molecule has 1 aromatic heterocycles. The number of fused-ring (bicyclic) bond motifs is 2. The lowest BCUT2D eigenvalue weighted by atomic mass is 10.0. The smallest absolute Gasteiger partial charge is 0.267 e. The predicted octanol–water partition coefficient (Wildman–Crippen LogP) is 5.72. The maximum Gasteiger partial charge on any atom is 0.267 e. The van der Waals surface area contributed by atoms with Crippen LogP contribution >= 0.6 is 11.6 Å². The second kappa shape index (κ2) is 12.7. The molecule has 0 atom stereocenters. The highest BCUT2D eigenvalue weighted by molar-refractivity contribution is 6.34. The highest BCUT2D eigenvalue weighted by atomic mass is 35.5. The Morgan fingerprint density at radius 3 is 2.52 bits per heavy atom. The van der Waals surface area contributed by atoms with Crippen LogP contribution in [-0.4, -0.2) is 62.7 Å². The summed E-state index contributed by atoms with van der Waals surface area (Å²) in [7, 11) is 7.18. The van der Waals surface area contributed by atoms with Gasteiger partial charge in [-0.1, -0.05) is 41.9 Å². The molecule has 3 aromatic carbocycles. The summed E-state index contributed by atoms with van der Waals surface area (Å²) in [6, 6.07) is 22.5. The molecule has 0 radical (unpaired) electrons. The number of rotatable bonds is 9. The van der Waals surface area contributed by atoms with Crippen molar-refractivity contribution in [3.8, 4) is 22.6 Å². The molecular weight excluding hydrogens is 552 g/mol. The van der Waals surface area contributed by atoms with E-state index < -0.39 is 0 Å². The van der Waals surface area contributed by atoms with Crippen molar-refractivity contribution in [2.75, 3.05) is 46.3 Å². The van der Waals surface area contributed by atoms with E-state index in [9.17, 15) is 9.59 Å². The maximum absolute atomic E-state index is 14.3. The van der Waals surface area contributed by atoms with E-state index in [-0.39, 0.29) is 18.4 Å². The summed E-state index contributed by atoms with van der Waals surface area (Å²) >= 11 is 6.77. The number of amides is 2. The fourth-order valence-corrected chi connectivity index (χ4v) is 5.55. The standard InChI is InChI=1S/C33H35ClN4O4/c1-36(2)16-8-15-35-32(39)30-14-13-24-21-38(29-12-6-5-9-23(29)20-37(24)30)33(40)27-18-28(34)26(19-31(27)42-4)22-10-7-11-25(17-22)41-3/h5-7,9-14,17-19H,8,15-16,20-21H2,1-4H3,(H,35,39). The van der Waals surface area contributed by atoms with Crippen LogP contribution in [0.2, 0.25) is 5.02 Å². The number of benzene rings is 3. The molecule has 5 rings (SSSR count). The molecule has 1 aliphatic heterocycles. The van der Waals surface area contributed by atoms with Crippen molar-refractivity contribution >= 4 is 29.1 Å². The lowest BCUT2D eigenvalue weighted by Crippen LogP contribution is -2.31. The molecule has 2 amide bonds. The van der Waals surface area contributed by atoms with E-state index in [0.717, 1.165) is 41.0 Å². The number of methoxy groups -OCH3 is 2. The molecule has 4 aromatic rings. The van der Waals surface area contributed by atoms with E-state index in [4.69, 9.17) is 21.1 Å². The van der Waals surface area contributed by atoms with Crippen LogP contribution in [0.5, 0.6) is 11.5 Å². The van der Waals surface area contributed by atoms with E-state index in [1.54, 1.807) is 31.3 Å². The number of ether oxygens (including phenoxy) is 2. The summed E-state index contributed by atoms with van der Waals surface area (Å²) < 4.78 is 13.1. The summed E-state index contributed by atoms with van der Waals surface area (Å²) in [4.78, 5) is 31.2. The van der Waals surface area contributed by atoms with Crippen LogP contribution in [0.1, 0.15) is 38.5 Å². The largest absolute Gasteiger partial charge is 0.497 e. The zero-order chi connectivity index (χ0) is 29.8. The Labute approximate surface area is 251 Å². The third-order valence-corrected chi connectivity index (χ3v) is 7.76. The van der Waals surface area contributed by atoms with Crippen LogP contribution in [0.25, 0.3) is 11.1 Å². The van der Waals surface area contributed by atoms with Gasteiger partial charge in [-0.25, -0.2) is 0 Å². The van der Waals surface area contributed by atoms with Gasteiger partial charge in [0.15, 0.2) is 0 Å². The van der Waals surface area contributed by atoms with Gasteiger partial charge in [0.2, 0.25) is 0 Å². The molecule has 0 unspecified atom stereocenters. The first-order chi connectivity index (χ1) is 20.3. The Balaban J connectivity index is 1.48. The summed E-state index contributed by atoms with van der Waals surface area (Å²) in [6.45, 7) is 2.23. The average molecular weight is 587 g/mol. The quantitative estimate of drug-likeness (QED) is 0.254. The van der Waals surface area contributed by atoms with Crippen molar-refractivity contribution in [3.63, 3.8) is 0 Å². The number of carbonyl (C=O) groups excluding carboxylic acids is 2. The van der Waals surface area contributed by atoms with Crippen LogP contribution in [0.3, 0.4) is 0 Å². The molecule has 42 heavy (non-hydrogen) atoms. The van der Waals surface area contributed by atoms with Gasteiger partial charge in [0.1, 0.15) is 17.2 Å². The molecule has 8 nitrogen and oxygen atoms in total. The highest BCUT2D eigenvalue weighted by Gasteiger charge is 2.29. The normalized spacial score (nSPS) is 12.4. The number of nitrogens with one attached hydrogen (secondary N) is 1. The summed E-state index contributed by atoms with van der Waals surface area (Å²) in [5, 5.41) is 3.46. The van der Waals surface area contributed by atoms with Crippen LogP contribution < -0.4 is 19.7 Å². The van der Waals surface area contributed by atoms with Gasteiger partial charge in [-0.05, 0) is 80.7 Å². The minimum atomic E-state index is -0.247. The Morgan fingerprint density at radius 1 is 0.952 bits per heavy atom. The number of anilines is 1. The van der Waals surface area contributed by atoms with Crippen molar-refractivity contribution in [1.29, 1.82) is 0 Å². The Hall–Kier alpha value is -4.27. The lowest BCUT2D eigenvalue weighted by molar-refractivity contribution is 0.0942. The summed E-state index contributed by atoms with van der Waals surface area (Å²) in [6.07, 6.45) is 0.860. The highest BCUT2D eigenvalue weighted by Crippen LogP contribution is 2.38. The third-order valence-electron chi connectivity index (χ3n) is 7.45. The zero-order valence-electron chi connectivity index (χ0n) is 24.3. The molecule has 1 aliphatic rings. The van der Waals surface area contributed by atoms with Crippen LogP contribution in [0.4, 0.5) is 5.69 Å². The van der Waals surface area contributed by atoms with Gasteiger partial charge in [-0.3, -0.25) is 9.59 Å². The van der Waals surface area contributed by atoms with E-state index in [1.165, 1.54) is 0 Å². The second-order valence-electron chi connectivity index (χ2n) is 10.5. The van der Waals surface area contributed by atoms with Gasteiger partial charge < -0.3 is 29.2 Å². The number of para-hydroxylation sites is 1. The minimum Gasteiger partial charge on any atom is -0.497 e. The fourth-order valence-electron chi connectivity index (χ4n) is 5.27. The molecule has 2 heterocycles. The number of nitrogens with zero attached hydrogens (tertiary/aromatic N) is 3. The topological polar surface area (TPSA) is 76.0 Å². The fraction of sp³-hybridized carbons (Fsp3) is 0.273. The SMILES string of the molecule is COc1cccc(-c2cc(OC)c(C(=O)N3Cc4ccc(C(=O)NCCCN(C)C)n4Cc4ccccc43)cc2Cl)c1. The van der Waals surface area contributed by atoms with Crippen LogP contribution in [0.15, 0.2) is 72.8 Å². The number of hydrogen-bond acceptors (Lipinski definition) is 5. The van der Waals surface area contributed by atoms with Gasteiger partial charge in [0.05, 0.1) is 32.9 Å². The number of carbonyl (C=O) groups is 2. The molecule has 0 spiro atoms. The summed E-state index contributed by atoms with van der Waals surface area (Å²) in [5.74, 6) is 0.743. The van der Waals surface area contributed by atoms with Crippen molar-refractivity contribution in [3.05, 3.63) is 100 Å². The molecule has 0 bridgehead atoms. The Morgan fingerprint density at radius 2 is 1.76 bits per heavy atom. The van der Waals surface area contributed by atoms with E-state index in [1.807, 2.05) is 79.3 Å². The van der Waals surface area contributed by atoms with Crippen molar-refractivity contribution in [2.45, 2.75) is 19.5 Å². The van der Waals surface area contributed by atoms with E-state index in [0.29, 0.717) is 40.9 Å².